The van der Waals surface area contributed by atoms with Crippen LogP contribution < -0.4 is 5.32 Å². The van der Waals surface area contributed by atoms with E-state index in [1.165, 1.54) is 11.8 Å². The van der Waals surface area contributed by atoms with Gasteiger partial charge in [0.2, 0.25) is 0 Å². The molecular formula is C16H19N3O3. The van der Waals surface area contributed by atoms with Crippen LogP contribution >= 0.6 is 0 Å². The van der Waals surface area contributed by atoms with Crippen LogP contribution in [-0.2, 0) is 11.8 Å². The van der Waals surface area contributed by atoms with E-state index in [1.54, 1.807) is 20.0 Å². The molecule has 6 nitrogen and oxygen atoms in total. The molecule has 0 bridgehead atoms. The summed E-state index contributed by atoms with van der Waals surface area (Å²) in [6.45, 7) is 5.65. The smallest absolute Gasteiger partial charge is 0.358 e. The van der Waals surface area contributed by atoms with Crippen LogP contribution in [0.4, 0.5) is 5.69 Å². The number of anilines is 1. The molecule has 0 atom stereocenters. The van der Waals surface area contributed by atoms with Crippen molar-refractivity contribution in [3.8, 4) is 0 Å². The SMILES string of the molecule is COC(=O)c1c(NC(=O)c2ccc(C)c(C)c2)c(C)nn1C. The van der Waals surface area contributed by atoms with Gasteiger partial charge < -0.3 is 10.1 Å². The highest BCUT2D eigenvalue weighted by molar-refractivity contribution is 6.08. The summed E-state index contributed by atoms with van der Waals surface area (Å²) in [7, 11) is 2.92. The maximum absolute atomic E-state index is 12.4. The normalized spacial score (nSPS) is 10.4. The van der Waals surface area contributed by atoms with Crippen molar-refractivity contribution in [2.24, 2.45) is 7.05 Å². The van der Waals surface area contributed by atoms with Gasteiger partial charge in [-0.1, -0.05) is 6.07 Å². The first-order chi connectivity index (χ1) is 10.3. The Bertz CT molecular complexity index is 747. The Morgan fingerprint density at radius 3 is 2.45 bits per heavy atom. The Morgan fingerprint density at radius 2 is 1.86 bits per heavy atom. The molecule has 6 heteroatoms. The maximum atomic E-state index is 12.4. The van der Waals surface area contributed by atoms with Crippen LogP contribution in [0.5, 0.6) is 0 Å². The van der Waals surface area contributed by atoms with Gasteiger partial charge in [-0.3, -0.25) is 9.48 Å². The summed E-state index contributed by atoms with van der Waals surface area (Å²) in [5, 5.41) is 6.91. The number of aromatic nitrogens is 2. The number of hydrogen-bond donors (Lipinski definition) is 1. The zero-order valence-corrected chi connectivity index (χ0v) is 13.4. The van der Waals surface area contributed by atoms with Gasteiger partial charge >= 0.3 is 5.97 Å². The van der Waals surface area contributed by atoms with Gasteiger partial charge in [0, 0.05) is 12.6 Å². The number of aryl methyl sites for hydroxylation is 4. The molecule has 1 amide bonds. The summed E-state index contributed by atoms with van der Waals surface area (Å²) in [5.74, 6) is -0.831. The molecule has 0 aliphatic carbocycles. The minimum Gasteiger partial charge on any atom is -0.464 e. The number of carbonyl (C=O) groups excluding carboxylic acids is 2. The van der Waals surface area contributed by atoms with Crippen molar-refractivity contribution in [3.05, 3.63) is 46.3 Å². The van der Waals surface area contributed by atoms with Gasteiger partial charge in [0.1, 0.15) is 0 Å². The summed E-state index contributed by atoms with van der Waals surface area (Å²) >= 11 is 0. The number of benzene rings is 1. The molecule has 1 heterocycles. The highest BCUT2D eigenvalue weighted by Crippen LogP contribution is 2.22. The maximum Gasteiger partial charge on any atom is 0.358 e. The topological polar surface area (TPSA) is 73.2 Å². The molecule has 1 aromatic carbocycles. The molecule has 1 aromatic heterocycles. The van der Waals surface area contributed by atoms with Gasteiger partial charge in [0.15, 0.2) is 5.69 Å². The molecule has 0 unspecified atom stereocenters. The summed E-state index contributed by atoms with van der Waals surface area (Å²) in [6.07, 6.45) is 0. The van der Waals surface area contributed by atoms with Gasteiger partial charge in [-0.2, -0.15) is 5.10 Å². The molecule has 0 saturated carbocycles. The minimum atomic E-state index is -0.543. The molecule has 0 aliphatic rings. The van der Waals surface area contributed by atoms with Crippen molar-refractivity contribution in [3.63, 3.8) is 0 Å². The number of esters is 1. The summed E-state index contributed by atoms with van der Waals surface area (Å²) < 4.78 is 6.14. The van der Waals surface area contributed by atoms with E-state index < -0.39 is 5.97 Å². The third kappa shape index (κ3) is 2.86. The lowest BCUT2D eigenvalue weighted by Gasteiger charge is -2.08. The molecule has 0 fully saturated rings. The third-order valence-electron chi connectivity index (χ3n) is 3.61. The van der Waals surface area contributed by atoms with E-state index in [9.17, 15) is 9.59 Å². The first-order valence-corrected chi connectivity index (χ1v) is 6.85. The second-order valence-corrected chi connectivity index (χ2v) is 5.18. The first-order valence-electron chi connectivity index (χ1n) is 6.85. The molecule has 2 rings (SSSR count). The highest BCUT2D eigenvalue weighted by Gasteiger charge is 2.22. The molecule has 0 radical (unpaired) electrons. The van der Waals surface area contributed by atoms with Crippen LogP contribution in [0.25, 0.3) is 0 Å². The lowest BCUT2D eigenvalue weighted by atomic mass is 10.1. The number of ether oxygens (including phenoxy) is 1. The number of nitrogens with one attached hydrogen (secondary N) is 1. The van der Waals surface area contributed by atoms with E-state index in [1.807, 2.05) is 26.0 Å². The first kappa shape index (κ1) is 15.8. The largest absolute Gasteiger partial charge is 0.464 e. The fraction of sp³-hybridized carbons (Fsp3) is 0.312. The average molecular weight is 301 g/mol. The Hall–Kier alpha value is -2.63. The minimum absolute atomic E-state index is 0.220. The molecule has 116 valence electrons. The van der Waals surface area contributed by atoms with Gasteiger partial charge in [0.05, 0.1) is 18.5 Å². The van der Waals surface area contributed by atoms with E-state index in [-0.39, 0.29) is 11.6 Å². The molecular weight excluding hydrogens is 282 g/mol. The van der Waals surface area contributed by atoms with E-state index in [4.69, 9.17) is 4.74 Å². The van der Waals surface area contributed by atoms with Gasteiger partial charge in [-0.25, -0.2) is 4.79 Å². The lowest BCUT2D eigenvalue weighted by molar-refractivity contribution is 0.0589. The second kappa shape index (κ2) is 6.01. The summed E-state index contributed by atoms with van der Waals surface area (Å²) in [6, 6.07) is 5.46. The summed E-state index contributed by atoms with van der Waals surface area (Å²) in [5.41, 5.74) is 3.82. The van der Waals surface area contributed by atoms with Gasteiger partial charge in [-0.15, -0.1) is 0 Å². The molecule has 2 aromatic rings. The van der Waals surface area contributed by atoms with Crippen molar-refractivity contribution in [2.45, 2.75) is 20.8 Å². The van der Waals surface area contributed by atoms with Crippen LogP contribution in [0.15, 0.2) is 18.2 Å². The van der Waals surface area contributed by atoms with Crippen molar-refractivity contribution in [1.82, 2.24) is 9.78 Å². The zero-order valence-electron chi connectivity index (χ0n) is 13.4. The van der Waals surface area contributed by atoms with Gasteiger partial charge in [0.25, 0.3) is 5.91 Å². The standard InChI is InChI=1S/C16H19N3O3/c1-9-6-7-12(8-10(9)2)15(20)17-13-11(3)18-19(4)14(13)16(21)22-5/h6-8H,1-5H3,(H,17,20). The number of nitrogens with zero attached hydrogens (tertiary/aromatic N) is 2. The summed E-state index contributed by atoms with van der Waals surface area (Å²) in [4.78, 5) is 24.3. The van der Waals surface area contributed by atoms with Crippen LogP contribution in [-0.4, -0.2) is 28.8 Å². The van der Waals surface area contributed by atoms with E-state index in [0.717, 1.165) is 11.1 Å². The Morgan fingerprint density at radius 1 is 1.18 bits per heavy atom. The van der Waals surface area contributed by atoms with E-state index >= 15 is 0 Å². The van der Waals surface area contributed by atoms with Crippen molar-refractivity contribution >= 4 is 17.6 Å². The third-order valence-corrected chi connectivity index (χ3v) is 3.61. The molecule has 0 aliphatic heterocycles. The monoisotopic (exact) mass is 301 g/mol. The predicted octanol–water partition coefficient (Wildman–Crippen LogP) is 2.38. The second-order valence-electron chi connectivity index (χ2n) is 5.18. The number of methoxy groups -OCH3 is 1. The fourth-order valence-electron chi connectivity index (χ4n) is 2.21. The Kier molecular flexibility index (Phi) is 4.30. The quantitative estimate of drug-likeness (QED) is 0.883. The van der Waals surface area contributed by atoms with E-state index in [0.29, 0.717) is 16.9 Å². The molecule has 1 N–H and O–H groups in total. The fourth-order valence-corrected chi connectivity index (χ4v) is 2.21. The zero-order chi connectivity index (χ0) is 16.4. The average Bonchev–Trinajstić information content (AvgIpc) is 2.75. The number of rotatable bonds is 3. The van der Waals surface area contributed by atoms with Crippen LogP contribution in [0.3, 0.4) is 0 Å². The van der Waals surface area contributed by atoms with Gasteiger partial charge in [-0.05, 0) is 44.0 Å². The lowest BCUT2D eigenvalue weighted by Crippen LogP contribution is -2.17. The Balaban J connectivity index is 2.36. The highest BCUT2D eigenvalue weighted by atomic mass is 16.5. The molecule has 22 heavy (non-hydrogen) atoms. The number of hydrogen-bond acceptors (Lipinski definition) is 4. The van der Waals surface area contributed by atoms with Crippen LogP contribution in [0.2, 0.25) is 0 Å². The number of amides is 1. The van der Waals surface area contributed by atoms with Crippen molar-refractivity contribution in [1.29, 1.82) is 0 Å². The molecule has 0 spiro atoms. The Labute approximate surface area is 129 Å². The predicted molar refractivity (Wildman–Crippen MR) is 83.2 cm³/mol. The number of carbonyl (C=O) groups is 2. The van der Waals surface area contributed by atoms with Crippen molar-refractivity contribution < 1.29 is 14.3 Å². The van der Waals surface area contributed by atoms with Crippen LogP contribution in [0, 0.1) is 20.8 Å². The van der Waals surface area contributed by atoms with Crippen LogP contribution in [0.1, 0.15) is 37.7 Å². The van der Waals surface area contributed by atoms with Crippen molar-refractivity contribution in [2.75, 3.05) is 12.4 Å². The molecule has 0 saturated heterocycles. The van der Waals surface area contributed by atoms with E-state index in [2.05, 4.69) is 10.4 Å².